The first-order valence-electron chi connectivity index (χ1n) is 8.28. The van der Waals surface area contributed by atoms with E-state index in [4.69, 9.17) is 44.2 Å². The van der Waals surface area contributed by atoms with Crippen molar-refractivity contribution in [2.24, 2.45) is 10.8 Å². The molecule has 0 aromatic heterocycles. The van der Waals surface area contributed by atoms with E-state index in [0.29, 0.717) is 26.2 Å². The Balaban J connectivity index is 0.000000362. The van der Waals surface area contributed by atoms with Crippen molar-refractivity contribution >= 4 is 8.60 Å². The fourth-order valence-electron chi connectivity index (χ4n) is 1.39. The summed E-state index contributed by atoms with van der Waals surface area (Å²) in [6.45, 7) is 3.50. The zero-order chi connectivity index (χ0) is 20.3. The Morgan fingerprint density at radius 3 is 1.19 bits per heavy atom. The first-order valence-corrected chi connectivity index (χ1v) is 9.37. The van der Waals surface area contributed by atoms with E-state index in [2.05, 4.69) is 0 Å². The molecule has 10 nitrogen and oxygen atoms in total. The monoisotopic (exact) mass is 404 g/mol. The molecule has 0 atom stereocenters. The molecule has 26 heavy (non-hydrogen) atoms. The third-order valence-corrected chi connectivity index (χ3v) is 5.24. The number of aliphatic hydroxyl groups excluding tert-OH is 6. The van der Waals surface area contributed by atoms with Gasteiger partial charge in [-0.05, 0) is 6.42 Å². The summed E-state index contributed by atoms with van der Waals surface area (Å²) in [5.74, 6) is 0. The van der Waals surface area contributed by atoms with E-state index in [1.54, 1.807) is 6.92 Å². The van der Waals surface area contributed by atoms with Crippen LogP contribution >= 0.6 is 8.60 Å². The molecule has 7 N–H and O–H groups in total. The molecule has 0 amide bonds. The average Bonchev–Trinajstić information content (AvgIpc) is 2.71. The Kier molecular flexibility index (Phi) is 12.5. The topological polar surface area (TPSA) is 169 Å². The van der Waals surface area contributed by atoms with Crippen LogP contribution < -0.4 is 0 Å². The summed E-state index contributed by atoms with van der Waals surface area (Å²) in [5, 5.41) is 60.7. The van der Waals surface area contributed by atoms with E-state index in [9.17, 15) is 5.11 Å². The molecule has 3 aliphatic rings. The summed E-state index contributed by atoms with van der Waals surface area (Å²) in [7, 11) is -1.10. The van der Waals surface area contributed by atoms with Crippen molar-refractivity contribution in [1.82, 2.24) is 0 Å². The molecule has 0 aromatic rings. The second kappa shape index (κ2) is 12.5. The molecule has 3 fully saturated rings. The van der Waals surface area contributed by atoms with Crippen LogP contribution in [0.4, 0.5) is 0 Å². The van der Waals surface area contributed by atoms with Gasteiger partial charge in [0.2, 0.25) is 0 Å². The highest BCUT2D eigenvalue weighted by atomic mass is 31.2. The fourth-order valence-corrected chi connectivity index (χ4v) is 2.65. The minimum Gasteiger partial charge on any atom is -0.396 e. The minimum atomic E-state index is -1.10. The maximum Gasteiger partial charge on any atom is 0.332 e. The van der Waals surface area contributed by atoms with Gasteiger partial charge in [-0.1, -0.05) is 13.8 Å². The summed E-state index contributed by atoms with van der Waals surface area (Å²) < 4.78 is 14.9. The molecular formula is C15H33O10P. The molecule has 0 radical (unpaired) electrons. The molecule has 0 spiro atoms. The molecule has 3 aliphatic heterocycles. The molecule has 11 heteroatoms. The molecule has 0 aromatic carbocycles. The number of hydrogen-bond donors (Lipinski definition) is 7. The van der Waals surface area contributed by atoms with Crippen LogP contribution in [0, 0.1) is 10.8 Å². The molecule has 0 aliphatic carbocycles. The summed E-state index contributed by atoms with van der Waals surface area (Å²) in [4.78, 5) is 0. The molecule has 0 saturated carbocycles. The number of fused-ring (bicyclic) bond motifs is 3. The van der Waals surface area contributed by atoms with Gasteiger partial charge in [0.25, 0.3) is 0 Å². The molecule has 2 bridgehead atoms. The quantitative estimate of drug-likeness (QED) is 0.244. The molecule has 158 valence electrons. The van der Waals surface area contributed by atoms with Gasteiger partial charge in [0.15, 0.2) is 0 Å². The van der Waals surface area contributed by atoms with E-state index in [-0.39, 0.29) is 39.6 Å². The summed E-state index contributed by atoms with van der Waals surface area (Å²) in [6.07, 6.45) is 0.594. The van der Waals surface area contributed by atoms with Crippen LogP contribution in [0.15, 0.2) is 0 Å². The lowest BCUT2D eigenvalue weighted by atomic mass is 9.88. The first kappa shape index (κ1) is 26.0. The normalized spacial score (nSPS) is 25.0. The lowest BCUT2D eigenvalue weighted by Crippen LogP contribution is -2.49. The predicted molar refractivity (Wildman–Crippen MR) is 93.1 cm³/mol. The highest BCUT2D eigenvalue weighted by molar-refractivity contribution is 7.41. The minimum absolute atomic E-state index is 0.156. The molecule has 0 unspecified atom stereocenters. The van der Waals surface area contributed by atoms with Crippen molar-refractivity contribution in [3.63, 3.8) is 0 Å². The largest absolute Gasteiger partial charge is 0.396 e. The second-order valence-corrected chi connectivity index (χ2v) is 8.10. The fraction of sp³-hybridized carbons (Fsp3) is 1.00. The zero-order valence-corrected chi connectivity index (χ0v) is 16.3. The summed E-state index contributed by atoms with van der Waals surface area (Å²) in [6, 6.07) is 0. The zero-order valence-electron chi connectivity index (χ0n) is 15.4. The van der Waals surface area contributed by atoms with Crippen LogP contribution in [-0.4, -0.2) is 101 Å². The van der Waals surface area contributed by atoms with E-state index >= 15 is 0 Å². The van der Waals surface area contributed by atoms with Gasteiger partial charge in [-0.2, -0.15) is 0 Å². The number of aliphatic hydroxyl groups is 7. The van der Waals surface area contributed by atoms with Crippen molar-refractivity contribution in [3.05, 3.63) is 0 Å². The summed E-state index contributed by atoms with van der Waals surface area (Å²) >= 11 is 0. The van der Waals surface area contributed by atoms with Crippen molar-refractivity contribution < 1.29 is 49.3 Å². The Bertz CT molecular complexity index is 315. The standard InChI is InChI=1S/C6H14O3.C5H12O3.C4H7O4P/c1-2-6(3-7,4-8)5-9;1-5(2-6,3-7)4-8;5-4-1-6-9(7-2-4)8-3-4/h7-9H,2-5H2,1H3;6-8H,2-4H2,1H3;5H,1-3H2. The third-order valence-electron chi connectivity index (χ3n) is 4.22. The second-order valence-electron chi connectivity index (χ2n) is 6.88. The number of rotatable bonds is 7. The average molecular weight is 404 g/mol. The van der Waals surface area contributed by atoms with Gasteiger partial charge in [0, 0.05) is 10.8 Å². The van der Waals surface area contributed by atoms with E-state index in [1.807, 2.05) is 6.92 Å². The molecule has 3 rings (SSSR count). The van der Waals surface area contributed by atoms with Gasteiger partial charge in [-0.25, -0.2) is 0 Å². The van der Waals surface area contributed by atoms with Crippen LogP contribution in [0.5, 0.6) is 0 Å². The van der Waals surface area contributed by atoms with Gasteiger partial charge < -0.3 is 49.3 Å². The van der Waals surface area contributed by atoms with Crippen LogP contribution in [0.25, 0.3) is 0 Å². The van der Waals surface area contributed by atoms with Gasteiger partial charge in [-0.15, -0.1) is 0 Å². The van der Waals surface area contributed by atoms with Gasteiger partial charge in [0.1, 0.15) is 5.60 Å². The van der Waals surface area contributed by atoms with Crippen molar-refractivity contribution in [3.8, 4) is 0 Å². The third kappa shape index (κ3) is 8.37. The maximum absolute atomic E-state index is 9.35. The van der Waals surface area contributed by atoms with Gasteiger partial charge in [-0.3, -0.25) is 0 Å². The highest BCUT2D eigenvalue weighted by Gasteiger charge is 2.43. The Morgan fingerprint density at radius 1 is 0.769 bits per heavy atom. The van der Waals surface area contributed by atoms with Gasteiger partial charge in [0.05, 0.1) is 59.5 Å². The SMILES string of the molecule is CC(CO)(CO)CO.CCC(CO)(CO)CO.OC12COP(OC1)OC2. The summed E-state index contributed by atoms with van der Waals surface area (Å²) in [5.41, 5.74) is -2.24. The van der Waals surface area contributed by atoms with Crippen molar-refractivity contribution in [1.29, 1.82) is 0 Å². The van der Waals surface area contributed by atoms with Crippen molar-refractivity contribution in [2.45, 2.75) is 25.9 Å². The number of hydrogen-bond acceptors (Lipinski definition) is 10. The Morgan fingerprint density at radius 2 is 1.12 bits per heavy atom. The van der Waals surface area contributed by atoms with E-state index < -0.39 is 25.0 Å². The lowest BCUT2D eigenvalue weighted by Gasteiger charge is -2.40. The molecule has 3 saturated heterocycles. The Hall–Kier alpha value is 0.0300. The van der Waals surface area contributed by atoms with Gasteiger partial charge >= 0.3 is 8.60 Å². The maximum atomic E-state index is 9.35. The molecule has 3 heterocycles. The predicted octanol–water partition coefficient (Wildman–Crippen LogP) is -1.65. The van der Waals surface area contributed by atoms with Crippen molar-refractivity contribution in [2.75, 3.05) is 59.5 Å². The van der Waals surface area contributed by atoms with Crippen LogP contribution in [0.3, 0.4) is 0 Å². The molecular weight excluding hydrogens is 371 g/mol. The Labute approximate surface area is 155 Å². The smallest absolute Gasteiger partial charge is 0.332 e. The van der Waals surface area contributed by atoms with Crippen LogP contribution in [0.1, 0.15) is 20.3 Å². The first-order chi connectivity index (χ1) is 12.2. The van der Waals surface area contributed by atoms with E-state index in [1.165, 1.54) is 0 Å². The van der Waals surface area contributed by atoms with Crippen LogP contribution in [-0.2, 0) is 13.6 Å². The lowest BCUT2D eigenvalue weighted by molar-refractivity contribution is -0.138. The highest BCUT2D eigenvalue weighted by Crippen LogP contribution is 2.49. The van der Waals surface area contributed by atoms with E-state index in [0.717, 1.165) is 0 Å². The van der Waals surface area contributed by atoms with Crippen LogP contribution in [0.2, 0.25) is 0 Å².